The maximum absolute atomic E-state index is 15.0. The number of thiazole rings is 1. The van der Waals surface area contributed by atoms with Crippen LogP contribution in [0.4, 0.5) is 14.4 Å². The summed E-state index contributed by atoms with van der Waals surface area (Å²) in [7, 11) is 4.31. The summed E-state index contributed by atoms with van der Waals surface area (Å²) in [6.07, 6.45) is -0.104. The number of aromatic nitrogens is 1. The van der Waals surface area contributed by atoms with E-state index in [1.807, 2.05) is 46.6 Å². The number of benzene rings is 2. The fourth-order valence-corrected chi connectivity index (χ4v) is 14.4. The van der Waals surface area contributed by atoms with Crippen LogP contribution in [0.25, 0.3) is 0 Å². The molecule has 0 spiro atoms. The number of aromatic hydroxyl groups is 1. The van der Waals surface area contributed by atoms with Crippen molar-refractivity contribution in [2.75, 3.05) is 51.5 Å². The number of aliphatic carboxylic acids is 4. The summed E-state index contributed by atoms with van der Waals surface area (Å²) in [5.41, 5.74) is 6.13. The van der Waals surface area contributed by atoms with Gasteiger partial charge in [0, 0.05) is 74.3 Å². The van der Waals surface area contributed by atoms with Crippen molar-refractivity contribution in [3.05, 3.63) is 81.3 Å². The molecule has 11 atom stereocenters. The van der Waals surface area contributed by atoms with Crippen LogP contribution in [0, 0.1) is 17.8 Å². The van der Waals surface area contributed by atoms with Gasteiger partial charge in [0.05, 0.1) is 25.3 Å². The lowest BCUT2D eigenvalue weighted by Crippen LogP contribution is -2.59. The molecule has 4 rings (SSSR count). The van der Waals surface area contributed by atoms with Crippen molar-refractivity contribution in [2.24, 2.45) is 17.8 Å². The first-order chi connectivity index (χ1) is 55.0. The molecule has 16 N–H and O–H groups in total. The summed E-state index contributed by atoms with van der Waals surface area (Å²) in [6, 6.07) is 1.95. The Morgan fingerprint density at radius 3 is 1.95 bits per heavy atom. The number of nitrogens with zero attached hydrogens (tertiary/aromatic N) is 3. The molecule has 1 aliphatic rings. The van der Waals surface area contributed by atoms with Gasteiger partial charge < -0.3 is 92.5 Å². The molecule has 0 saturated carbocycles. The molecule has 41 heteroatoms. The number of urea groups is 2. The van der Waals surface area contributed by atoms with Crippen molar-refractivity contribution in [3.63, 3.8) is 0 Å². The molecule has 0 radical (unpaired) electrons. The number of carboxylic acids is 4. The molecule has 1 aromatic heterocycles. The summed E-state index contributed by atoms with van der Waals surface area (Å²) >= 11 is 1.02. The van der Waals surface area contributed by atoms with Crippen molar-refractivity contribution < 1.29 is 116 Å². The molecular formula is C75H110N14O24S3. The molecule has 1 saturated heterocycles. The van der Waals surface area contributed by atoms with Gasteiger partial charge in [-0.25, -0.2) is 29.6 Å². The van der Waals surface area contributed by atoms with Crippen LogP contribution in [-0.4, -0.2) is 235 Å². The highest BCUT2D eigenvalue weighted by molar-refractivity contribution is 8.76. The third-order valence-corrected chi connectivity index (χ3v) is 21.7. The van der Waals surface area contributed by atoms with Crippen LogP contribution in [0.1, 0.15) is 177 Å². The number of carbonyl (C=O) groups excluding carboxylic acids is 12. The third-order valence-electron chi connectivity index (χ3n) is 18.4. The first-order valence-corrected chi connectivity index (χ1v) is 41.4. The second kappa shape index (κ2) is 51.4. The fourth-order valence-electron chi connectivity index (χ4n) is 11.9. The van der Waals surface area contributed by atoms with E-state index in [2.05, 4.69) is 63.7 Å². The number of carboxylic acid groups (broad SMARTS) is 4. The van der Waals surface area contributed by atoms with Crippen LogP contribution < -0.4 is 58.7 Å². The number of piperidine rings is 1. The van der Waals surface area contributed by atoms with Crippen LogP contribution in [0.3, 0.4) is 0 Å². The number of phenols is 1. The van der Waals surface area contributed by atoms with E-state index in [-0.39, 0.29) is 117 Å². The molecule has 642 valence electrons. The number of phenolic OH excluding ortho intramolecular Hbond substituents is 1. The van der Waals surface area contributed by atoms with E-state index in [4.69, 9.17) is 19.3 Å². The van der Waals surface area contributed by atoms with Gasteiger partial charge in [0.1, 0.15) is 53.3 Å². The summed E-state index contributed by atoms with van der Waals surface area (Å²) in [5, 5.41) is 71.8. The second-order valence-electron chi connectivity index (χ2n) is 28.2. The van der Waals surface area contributed by atoms with Gasteiger partial charge in [-0.05, 0) is 113 Å². The van der Waals surface area contributed by atoms with Crippen molar-refractivity contribution in [3.8, 4) is 5.75 Å². The molecule has 38 nitrogen and oxygen atoms in total. The molecular weight excluding hydrogens is 1580 g/mol. The van der Waals surface area contributed by atoms with Crippen LogP contribution >= 0.6 is 32.9 Å². The van der Waals surface area contributed by atoms with Crippen molar-refractivity contribution in [1.29, 1.82) is 0 Å². The molecule has 12 amide bonds. The zero-order valence-electron chi connectivity index (χ0n) is 66.4. The molecule has 2 heterocycles. The molecule has 1 aliphatic heterocycles. The van der Waals surface area contributed by atoms with Gasteiger partial charge in [-0.2, -0.15) is 0 Å². The number of rotatable bonds is 50. The van der Waals surface area contributed by atoms with Crippen LogP contribution in [0.2, 0.25) is 0 Å². The number of hydrogen-bond donors (Lipinski definition) is 16. The number of hydrazine groups is 1. The number of likely N-dealkylation sites (N-methyl/N-ethyl adjacent to an activating group) is 1. The highest BCUT2D eigenvalue weighted by atomic mass is 33.1. The van der Waals surface area contributed by atoms with Crippen LogP contribution in [0.15, 0.2) is 53.9 Å². The van der Waals surface area contributed by atoms with E-state index >= 15 is 4.79 Å². The number of likely N-dealkylation sites (tertiary alicyclic amines) is 1. The smallest absolute Gasteiger partial charge is 0.426 e. The summed E-state index contributed by atoms with van der Waals surface area (Å²) < 4.78 is 16.8. The maximum Gasteiger partial charge on any atom is 0.426 e. The minimum Gasteiger partial charge on any atom is -0.508 e. The van der Waals surface area contributed by atoms with Crippen LogP contribution in [0.5, 0.6) is 5.75 Å². The predicted molar refractivity (Wildman–Crippen MR) is 424 cm³/mol. The average Bonchev–Trinajstić information content (AvgIpc) is 1.05. The number of ether oxygens (including phenoxy) is 3. The van der Waals surface area contributed by atoms with Gasteiger partial charge >= 0.3 is 54.0 Å². The Labute approximate surface area is 683 Å². The summed E-state index contributed by atoms with van der Waals surface area (Å²) in [5.74, 6) is -13.0. The Hall–Kier alpha value is -10.6. The van der Waals surface area contributed by atoms with Crippen molar-refractivity contribution in [2.45, 2.75) is 213 Å². The van der Waals surface area contributed by atoms with Gasteiger partial charge in [-0.15, -0.1) is 11.3 Å². The Morgan fingerprint density at radius 1 is 0.672 bits per heavy atom. The van der Waals surface area contributed by atoms with Gasteiger partial charge in [0.2, 0.25) is 35.4 Å². The quantitative estimate of drug-likeness (QED) is 0.00948. The van der Waals surface area contributed by atoms with E-state index in [1.54, 1.807) is 43.3 Å². The highest BCUT2D eigenvalue weighted by Crippen LogP contribution is 2.32. The van der Waals surface area contributed by atoms with E-state index in [0.29, 0.717) is 42.4 Å². The minimum atomic E-state index is -1.74. The van der Waals surface area contributed by atoms with Crippen molar-refractivity contribution in [1.82, 2.24) is 73.5 Å². The third kappa shape index (κ3) is 36.5. The van der Waals surface area contributed by atoms with E-state index in [1.165, 1.54) is 57.8 Å². The Kier molecular flexibility index (Phi) is 43.4. The molecule has 116 heavy (non-hydrogen) atoms. The largest absolute Gasteiger partial charge is 0.508 e. The highest BCUT2D eigenvalue weighted by Gasteiger charge is 2.40. The van der Waals surface area contributed by atoms with Crippen LogP contribution in [-0.2, 0) is 91.1 Å². The van der Waals surface area contributed by atoms with Gasteiger partial charge in [-0.1, -0.05) is 112 Å². The zero-order chi connectivity index (χ0) is 86.1. The predicted octanol–water partition coefficient (Wildman–Crippen LogP) is 3.99. The second-order valence-corrected chi connectivity index (χ2v) is 31.8. The fraction of sp³-hybridized carbons (Fsp3) is 0.587. The molecule has 0 bridgehead atoms. The van der Waals surface area contributed by atoms with E-state index in [0.717, 1.165) is 30.7 Å². The van der Waals surface area contributed by atoms with E-state index in [9.17, 15) is 92.3 Å². The number of esters is 2. The topological polar surface area (TPSA) is 554 Å². The lowest BCUT2D eigenvalue weighted by Gasteiger charge is -2.39. The first kappa shape index (κ1) is 97.8. The van der Waals surface area contributed by atoms with Crippen molar-refractivity contribution >= 4 is 128 Å². The van der Waals surface area contributed by atoms with Gasteiger partial charge in [-0.3, -0.25) is 67.9 Å². The first-order valence-electron chi connectivity index (χ1n) is 38.1. The number of unbranched alkanes of at least 4 members (excludes halogenated alkanes) is 1. The lowest BCUT2D eigenvalue weighted by atomic mass is 9.92. The lowest BCUT2D eigenvalue weighted by molar-refractivity contribution is -0.160. The number of nitrogens with one attached hydrogen (secondary N) is 11. The minimum absolute atomic E-state index is 0.00372. The Morgan fingerprint density at radius 2 is 1.33 bits per heavy atom. The van der Waals surface area contributed by atoms with E-state index < -0.39 is 169 Å². The standard InChI is InChI=1S/C75H110N14O24S3/c1-10-16-62(97)112-41-89(70(103)63(43(5)11-2)85-68(102)56-18-13-15-29-88(56)9)57(42(3)4)38-58(113-46(8)90)69-83-55(40-114-69)67(101)80-50(34-47-23-25-51(91)26-24-47)33-44(6)64(98)86-87-75(110)111-30-32-116-115-31-28-76-65(99)53(36-60(93)94)82-66(100)54(37-61(95)96)81-59(92)35-48-19-21-49(22-20-48)39-78-73(108)77-27-14-12-17-52(72(106)107)84-74(109)79-45(7)71(104)105/h19-26,40,42-45,50,52-54,56-58,63,91H,10-18,27-39,41H2,1-9H3,(H,76,99)(H,80,101)(H,81,92)(H,82,100)(H,85,102)(H,86,98)(H,87,110)(H,93,94)(H,95,96)(H,104,105)(H,106,107)(H2,77,78,108)(H2,79,84,109)/t43?,44-,45-,50+,52-,53-,54-,56+,57+,58+,63-/m0/s1. The molecule has 0 aliphatic carbocycles. The SMILES string of the molecule is CCCC(=O)OCN(C(=O)[C@@H](NC(=O)[C@H]1CCCCN1C)C(C)CC)[C@H](C[C@@H](OC(C)=O)c1nc(C(=O)N[C@@H](Cc2ccc(O)cc2)C[C@H](C)C(=O)NNC(=O)OCCSSCCNC(=O)[C@H](CC(=O)O)NC(=O)[C@H](CC(=O)O)NC(=O)Cc2ccc(CNC(=O)NCCCC[C@H](NC(=O)N[C@@H](C)C(=O)O)C(=O)O)cc2)cs1)C(C)C. The monoisotopic (exact) mass is 1690 g/mol. The molecule has 1 unspecified atom stereocenters. The number of carbonyl (C=O) groups is 16. The van der Waals surface area contributed by atoms with Gasteiger partial charge in [0.15, 0.2) is 12.8 Å². The molecule has 1 fully saturated rings. The summed E-state index contributed by atoms with van der Waals surface area (Å²) in [4.78, 5) is 213. The number of hydrogen-bond acceptors (Lipinski definition) is 25. The van der Waals surface area contributed by atoms with Gasteiger partial charge in [0.25, 0.3) is 5.91 Å². The summed E-state index contributed by atoms with van der Waals surface area (Å²) in [6.45, 7) is 13.5. The number of amides is 12. The average molecular weight is 1690 g/mol. The molecule has 3 aromatic rings. The Bertz CT molecular complexity index is 3800. The maximum atomic E-state index is 15.0. The Balaban J connectivity index is 1.26. The molecule has 2 aromatic carbocycles. The normalized spacial score (nSPS) is 15.2. The zero-order valence-corrected chi connectivity index (χ0v) is 68.9.